The second-order valence-electron chi connectivity index (χ2n) is 7.82. The van der Waals surface area contributed by atoms with E-state index in [1.54, 1.807) is 24.3 Å². The second-order valence-corrected chi connectivity index (χ2v) is 8.60. The van der Waals surface area contributed by atoms with E-state index in [2.05, 4.69) is 10.6 Å². The summed E-state index contributed by atoms with van der Waals surface area (Å²) in [5.41, 5.74) is 0.507. The summed E-state index contributed by atoms with van der Waals surface area (Å²) in [5, 5.41) is 4.79. The predicted octanol–water partition coefficient (Wildman–Crippen LogP) is 6.36. The summed E-state index contributed by atoms with van der Waals surface area (Å²) in [6.07, 6.45) is -4.60. The first-order chi connectivity index (χ1) is 17.0. The number of carbonyl (C=O) groups excluding carboxylic acids is 3. The molecule has 0 aliphatic carbocycles. The van der Waals surface area contributed by atoms with Crippen molar-refractivity contribution in [2.24, 2.45) is 0 Å². The number of carbonyl (C=O) groups is 3. The number of benzene rings is 3. The number of nitrogens with zero attached hydrogens (tertiary/aromatic N) is 1. The summed E-state index contributed by atoms with van der Waals surface area (Å²) < 4.78 is 38.9. The fourth-order valence-electron chi connectivity index (χ4n) is 3.38. The van der Waals surface area contributed by atoms with E-state index >= 15 is 0 Å². The van der Waals surface area contributed by atoms with Gasteiger partial charge in [-0.2, -0.15) is 13.2 Å². The zero-order valence-corrected chi connectivity index (χ0v) is 19.9. The van der Waals surface area contributed by atoms with Crippen molar-refractivity contribution in [3.05, 3.63) is 99.2 Å². The Morgan fingerprint density at radius 1 is 0.889 bits per heavy atom. The number of aryl methyl sites for hydroxylation is 1. The molecular formula is C25H16Cl2F3N3O3. The average molecular weight is 534 g/mol. The maximum atomic E-state index is 13.0. The first kappa shape index (κ1) is 25.3. The first-order valence-electron chi connectivity index (χ1n) is 10.4. The molecule has 4 rings (SSSR count). The Kier molecular flexibility index (Phi) is 6.79. The summed E-state index contributed by atoms with van der Waals surface area (Å²) >= 11 is 12.1. The molecule has 3 aromatic rings. The third kappa shape index (κ3) is 5.07. The summed E-state index contributed by atoms with van der Waals surface area (Å²) in [4.78, 5) is 38.9. The Bertz CT molecular complexity index is 1400. The van der Waals surface area contributed by atoms with E-state index in [9.17, 15) is 27.6 Å². The van der Waals surface area contributed by atoms with Crippen LogP contribution in [0.1, 0.15) is 21.5 Å². The molecule has 0 bridgehead atoms. The maximum absolute atomic E-state index is 13.0. The van der Waals surface area contributed by atoms with Crippen molar-refractivity contribution in [2.75, 3.05) is 15.5 Å². The Morgan fingerprint density at radius 3 is 2.14 bits per heavy atom. The second kappa shape index (κ2) is 9.67. The van der Waals surface area contributed by atoms with Gasteiger partial charge in [-0.15, -0.1) is 0 Å². The summed E-state index contributed by atoms with van der Waals surface area (Å²) in [6, 6.07) is 15.0. The van der Waals surface area contributed by atoms with Crippen LogP contribution in [0.5, 0.6) is 0 Å². The molecule has 0 fully saturated rings. The van der Waals surface area contributed by atoms with Crippen molar-refractivity contribution < 1.29 is 27.6 Å². The van der Waals surface area contributed by atoms with Gasteiger partial charge in [-0.3, -0.25) is 14.4 Å². The molecule has 3 aromatic carbocycles. The van der Waals surface area contributed by atoms with Crippen LogP contribution in [0.3, 0.4) is 0 Å². The van der Waals surface area contributed by atoms with E-state index in [1.807, 2.05) is 6.92 Å². The zero-order valence-electron chi connectivity index (χ0n) is 18.4. The first-order valence-corrected chi connectivity index (χ1v) is 11.1. The molecule has 0 radical (unpaired) electrons. The fraction of sp³-hybridized carbons (Fsp3) is 0.0800. The van der Waals surface area contributed by atoms with Crippen molar-refractivity contribution in [3.8, 4) is 0 Å². The summed E-state index contributed by atoms with van der Waals surface area (Å²) in [7, 11) is 0. The molecule has 0 aromatic heterocycles. The van der Waals surface area contributed by atoms with Gasteiger partial charge in [-0.25, -0.2) is 4.90 Å². The molecule has 1 heterocycles. The number of alkyl halides is 3. The highest BCUT2D eigenvalue weighted by Crippen LogP contribution is 2.34. The average Bonchev–Trinajstić information content (AvgIpc) is 3.04. The minimum atomic E-state index is -4.60. The molecule has 3 amide bonds. The molecule has 0 saturated heterocycles. The number of rotatable bonds is 5. The number of anilines is 3. The molecule has 11 heteroatoms. The number of imide groups is 1. The van der Waals surface area contributed by atoms with Crippen LogP contribution in [0.4, 0.5) is 30.2 Å². The van der Waals surface area contributed by atoms with Gasteiger partial charge >= 0.3 is 6.18 Å². The highest BCUT2D eigenvalue weighted by atomic mass is 35.5. The molecule has 0 atom stereocenters. The van der Waals surface area contributed by atoms with Gasteiger partial charge in [-0.05, 0) is 61.5 Å². The Labute approximate surface area is 213 Å². The van der Waals surface area contributed by atoms with Crippen LogP contribution in [-0.2, 0) is 15.8 Å². The van der Waals surface area contributed by atoms with Gasteiger partial charge in [0.1, 0.15) is 10.7 Å². The molecule has 1 aliphatic rings. The Balaban J connectivity index is 1.48. The molecule has 1 aliphatic heterocycles. The quantitative estimate of drug-likeness (QED) is 0.374. The van der Waals surface area contributed by atoms with Crippen LogP contribution in [0.2, 0.25) is 5.02 Å². The summed E-state index contributed by atoms with van der Waals surface area (Å²) in [6.45, 7) is 1.87. The van der Waals surface area contributed by atoms with Crippen LogP contribution in [0, 0.1) is 6.92 Å². The normalized spacial score (nSPS) is 13.9. The molecule has 0 saturated carbocycles. The SMILES string of the molecule is Cc1ccc(N2C(=O)C(Cl)=C(Nc3ccc(C(=O)Nc4cc(C(F)(F)F)ccc4Cl)cc3)C2=O)cc1. The van der Waals surface area contributed by atoms with Gasteiger partial charge in [0.25, 0.3) is 17.7 Å². The smallest absolute Gasteiger partial charge is 0.350 e. The number of halogens is 5. The molecule has 36 heavy (non-hydrogen) atoms. The van der Waals surface area contributed by atoms with Crippen LogP contribution < -0.4 is 15.5 Å². The van der Waals surface area contributed by atoms with Gasteiger partial charge in [-0.1, -0.05) is 40.9 Å². The van der Waals surface area contributed by atoms with Crippen LogP contribution >= 0.6 is 23.2 Å². The van der Waals surface area contributed by atoms with E-state index in [1.165, 1.54) is 24.3 Å². The summed E-state index contributed by atoms with van der Waals surface area (Å²) in [5.74, 6) is -2.02. The lowest BCUT2D eigenvalue weighted by atomic mass is 10.1. The van der Waals surface area contributed by atoms with Crippen molar-refractivity contribution in [1.29, 1.82) is 0 Å². The fourth-order valence-corrected chi connectivity index (χ4v) is 3.76. The van der Waals surface area contributed by atoms with E-state index in [0.717, 1.165) is 28.7 Å². The van der Waals surface area contributed by atoms with Crippen molar-refractivity contribution in [1.82, 2.24) is 0 Å². The standard InChI is InChI=1S/C25H16Cl2F3N3O3/c1-13-2-9-17(10-3-13)33-23(35)20(27)21(24(33)36)31-16-7-4-14(5-8-16)22(34)32-19-12-15(25(28,29)30)6-11-18(19)26/h2-12,31H,1H3,(H,32,34). The lowest BCUT2D eigenvalue weighted by molar-refractivity contribution is -0.137. The molecule has 0 unspecified atom stereocenters. The van der Waals surface area contributed by atoms with Gasteiger partial charge in [0.15, 0.2) is 0 Å². The number of nitrogens with one attached hydrogen (secondary N) is 2. The molecular weight excluding hydrogens is 518 g/mol. The topological polar surface area (TPSA) is 78.5 Å². The van der Waals surface area contributed by atoms with Crippen molar-refractivity contribution in [2.45, 2.75) is 13.1 Å². The largest absolute Gasteiger partial charge is 0.416 e. The van der Waals surface area contributed by atoms with Gasteiger partial charge in [0.2, 0.25) is 0 Å². The number of hydrogen-bond donors (Lipinski definition) is 2. The molecule has 2 N–H and O–H groups in total. The third-order valence-electron chi connectivity index (χ3n) is 5.28. The molecule has 6 nitrogen and oxygen atoms in total. The minimum Gasteiger partial charge on any atom is -0.350 e. The maximum Gasteiger partial charge on any atom is 0.416 e. The van der Waals surface area contributed by atoms with E-state index in [0.29, 0.717) is 11.4 Å². The third-order valence-corrected chi connectivity index (χ3v) is 5.96. The number of amides is 3. The van der Waals surface area contributed by atoms with Gasteiger partial charge < -0.3 is 10.6 Å². The minimum absolute atomic E-state index is 0.0567. The Hall–Kier alpha value is -3.82. The van der Waals surface area contributed by atoms with E-state index < -0.39 is 29.5 Å². The van der Waals surface area contributed by atoms with Crippen molar-refractivity contribution >= 4 is 58.0 Å². The van der Waals surface area contributed by atoms with Gasteiger partial charge in [0.05, 0.1) is 22.0 Å². The van der Waals surface area contributed by atoms with Crippen LogP contribution in [-0.4, -0.2) is 17.7 Å². The number of hydrogen-bond acceptors (Lipinski definition) is 4. The van der Waals surface area contributed by atoms with Gasteiger partial charge in [0, 0.05) is 11.3 Å². The zero-order chi connectivity index (χ0) is 26.2. The molecule has 0 spiro atoms. The highest BCUT2D eigenvalue weighted by molar-refractivity contribution is 6.53. The predicted molar refractivity (Wildman–Crippen MR) is 131 cm³/mol. The van der Waals surface area contributed by atoms with Crippen LogP contribution in [0.25, 0.3) is 0 Å². The monoisotopic (exact) mass is 533 g/mol. The lowest BCUT2D eigenvalue weighted by Crippen LogP contribution is -2.32. The highest BCUT2D eigenvalue weighted by Gasteiger charge is 2.39. The van der Waals surface area contributed by atoms with E-state index in [-0.39, 0.29) is 27.0 Å². The van der Waals surface area contributed by atoms with Crippen LogP contribution in [0.15, 0.2) is 77.5 Å². The van der Waals surface area contributed by atoms with Crippen molar-refractivity contribution in [3.63, 3.8) is 0 Å². The lowest BCUT2D eigenvalue weighted by Gasteiger charge is -2.15. The van der Waals surface area contributed by atoms with E-state index in [4.69, 9.17) is 23.2 Å². The molecule has 184 valence electrons. The Morgan fingerprint density at radius 2 is 1.53 bits per heavy atom.